The molecule has 3 aromatic carbocycles. The fourth-order valence-corrected chi connectivity index (χ4v) is 3.92. The van der Waals surface area contributed by atoms with Gasteiger partial charge in [0.05, 0.1) is 11.9 Å². The predicted molar refractivity (Wildman–Crippen MR) is 90.5 cm³/mol. The number of rotatable bonds is 4. The first kappa shape index (κ1) is 15.0. The third-order valence-electron chi connectivity index (χ3n) is 3.59. The van der Waals surface area contributed by atoms with Gasteiger partial charge in [-0.2, -0.15) is 0 Å². The number of fused-ring (bicyclic) bond motifs is 1. The lowest BCUT2D eigenvalue weighted by molar-refractivity contribution is 0.284. The highest BCUT2D eigenvalue weighted by Gasteiger charge is 2.26. The van der Waals surface area contributed by atoms with Crippen molar-refractivity contribution in [2.24, 2.45) is 0 Å². The van der Waals surface area contributed by atoms with Gasteiger partial charge in [-0.3, -0.25) is 4.57 Å². The molecule has 0 radical (unpaired) electrons. The Balaban J connectivity index is 2.26. The molecule has 22 heavy (non-hydrogen) atoms. The molecule has 0 aliphatic heterocycles. The fourth-order valence-electron chi connectivity index (χ4n) is 2.65. The van der Waals surface area contributed by atoms with Crippen LogP contribution in [0, 0.1) is 0 Å². The molecule has 0 aliphatic carbocycles. The molecule has 0 bridgehead atoms. The molecule has 0 heterocycles. The standard InChI is InChI=1S/C18H17O3P/c1-2-21-22(19,20)18-13-6-5-11-17(18)16-12-7-9-14-8-3-4-10-15(14)16/h3-13H,2H2,1H3,(H,19,20). The van der Waals surface area contributed by atoms with E-state index in [0.29, 0.717) is 5.30 Å². The zero-order valence-corrected chi connectivity index (χ0v) is 13.2. The molecular formula is C18H17O3P. The van der Waals surface area contributed by atoms with Crippen molar-refractivity contribution in [2.75, 3.05) is 6.61 Å². The first-order valence-corrected chi connectivity index (χ1v) is 8.76. The average Bonchev–Trinajstić information content (AvgIpc) is 2.54. The molecule has 3 aromatic rings. The molecule has 0 fully saturated rings. The summed E-state index contributed by atoms with van der Waals surface area (Å²) in [5.74, 6) is 0. The largest absolute Gasteiger partial charge is 0.359 e. The second-order valence-corrected chi connectivity index (χ2v) is 6.76. The van der Waals surface area contributed by atoms with Gasteiger partial charge in [0.25, 0.3) is 0 Å². The lowest BCUT2D eigenvalue weighted by Gasteiger charge is -2.16. The van der Waals surface area contributed by atoms with Crippen molar-refractivity contribution < 1.29 is 14.0 Å². The lowest BCUT2D eigenvalue weighted by atomic mass is 9.98. The summed E-state index contributed by atoms with van der Waals surface area (Å²) in [6, 6.07) is 21.1. The first-order chi connectivity index (χ1) is 10.6. The van der Waals surface area contributed by atoms with E-state index >= 15 is 0 Å². The Hall–Kier alpha value is -1.93. The van der Waals surface area contributed by atoms with Crippen molar-refractivity contribution in [1.29, 1.82) is 0 Å². The van der Waals surface area contributed by atoms with Gasteiger partial charge in [0.1, 0.15) is 0 Å². The first-order valence-electron chi connectivity index (χ1n) is 7.18. The smallest absolute Gasteiger partial charge is 0.321 e. The van der Waals surface area contributed by atoms with Gasteiger partial charge in [0.2, 0.25) is 0 Å². The van der Waals surface area contributed by atoms with Crippen LogP contribution in [0.25, 0.3) is 21.9 Å². The summed E-state index contributed by atoms with van der Waals surface area (Å²) >= 11 is 0. The molecule has 0 aliphatic rings. The van der Waals surface area contributed by atoms with E-state index in [1.807, 2.05) is 54.6 Å². The lowest BCUT2D eigenvalue weighted by Crippen LogP contribution is -2.10. The van der Waals surface area contributed by atoms with Gasteiger partial charge in [0, 0.05) is 0 Å². The summed E-state index contributed by atoms with van der Waals surface area (Å²) in [6.45, 7) is 1.90. The molecule has 0 amide bonds. The molecule has 1 atom stereocenters. The van der Waals surface area contributed by atoms with Crippen molar-refractivity contribution in [2.45, 2.75) is 6.92 Å². The molecule has 4 heteroatoms. The number of hydrogen-bond donors (Lipinski definition) is 1. The highest BCUT2D eigenvalue weighted by atomic mass is 31.2. The summed E-state index contributed by atoms with van der Waals surface area (Å²) in [7, 11) is -3.83. The van der Waals surface area contributed by atoms with Gasteiger partial charge in [-0.05, 0) is 34.9 Å². The molecule has 0 saturated heterocycles. The molecule has 1 N–H and O–H groups in total. The van der Waals surface area contributed by atoms with Crippen molar-refractivity contribution in [3.8, 4) is 11.1 Å². The predicted octanol–water partition coefficient (Wildman–Crippen LogP) is 4.35. The molecule has 3 nitrogen and oxygen atoms in total. The van der Waals surface area contributed by atoms with Gasteiger partial charge < -0.3 is 9.42 Å². The molecule has 0 spiro atoms. The van der Waals surface area contributed by atoms with Crippen LogP contribution in [-0.2, 0) is 9.09 Å². The normalized spacial score (nSPS) is 13.9. The number of hydrogen-bond acceptors (Lipinski definition) is 2. The quantitative estimate of drug-likeness (QED) is 0.728. The minimum Gasteiger partial charge on any atom is -0.321 e. The Bertz CT molecular complexity index is 852. The molecule has 0 saturated carbocycles. The highest BCUT2D eigenvalue weighted by Crippen LogP contribution is 2.44. The van der Waals surface area contributed by atoms with Crippen LogP contribution in [0.3, 0.4) is 0 Å². The molecular weight excluding hydrogens is 295 g/mol. The van der Waals surface area contributed by atoms with E-state index in [0.717, 1.165) is 21.9 Å². The van der Waals surface area contributed by atoms with E-state index < -0.39 is 7.60 Å². The van der Waals surface area contributed by atoms with Crippen molar-refractivity contribution >= 4 is 23.7 Å². The SMILES string of the molecule is CCOP(=O)(O)c1ccccc1-c1cccc2ccccc12. The van der Waals surface area contributed by atoms with Crippen molar-refractivity contribution in [3.63, 3.8) is 0 Å². The molecule has 1 unspecified atom stereocenters. The van der Waals surface area contributed by atoms with Crippen LogP contribution >= 0.6 is 7.60 Å². The Kier molecular flexibility index (Phi) is 4.12. The highest BCUT2D eigenvalue weighted by molar-refractivity contribution is 7.61. The van der Waals surface area contributed by atoms with E-state index in [9.17, 15) is 9.46 Å². The van der Waals surface area contributed by atoms with Gasteiger partial charge in [0.15, 0.2) is 0 Å². The van der Waals surface area contributed by atoms with Crippen LogP contribution in [0.4, 0.5) is 0 Å². The summed E-state index contributed by atoms with van der Waals surface area (Å²) in [5.41, 5.74) is 1.67. The maximum atomic E-state index is 12.5. The van der Waals surface area contributed by atoms with E-state index in [2.05, 4.69) is 0 Å². The Morgan fingerprint density at radius 1 is 0.909 bits per heavy atom. The molecule has 0 aromatic heterocycles. The monoisotopic (exact) mass is 312 g/mol. The minimum atomic E-state index is -3.83. The van der Waals surface area contributed by atoms with E-state index in [4.69, 9.17) is 4.52 Å². The van der Waals surface area contributed by atoms with Gasteiger partial charge in [-0.25, -0.2) is 0 Å². The van der Waals surface area contributed by atoms with Crippen LogP contribution < -0.4 is 5.30 Å². The summed E-state index contributed by atoms with van der Waals surface area (Å²) in [4.78, 5) is 10.2. The number of benzene rings is 3. The Labute approximate surface area is 129 Å². The average molecular weight is 312 g/mol. The van der Waals surface area contributed by atoms with Crippen LogP contribution in [-0.4, -0.2) is 11.5 Å². The molecule has 3 rings (SSSR count). The minimum absolute atomic E-state index is 0.192. The summed E-state index contributed by atoms with van der Waals surface area (Å²) in [5, 5.41) is 2.49. The maximum Gasteiger partial charge on any atom is 0.359 e. The maximum absolute atomic E-state index is 12.5. The Morgan fingerprint density at radius 3 is 2.36 bits per heavy atom. The molecule has 112 valence electrons. The van der Waals surface area contributed by atoms with Crippen LogP contribution in [0.2, 0.25) is 0 Å². The fraction of sp³-hybridized carbons (Fsp3) is 0.111. The van der Waals surface area contributed by atoms with Crippen LogP contribution in [0.5, 0.6) is 0 Å². The third kappa shape index (κ3) is 2.71. The van der Waals surface area contributed by atoms with Crippen molar-refractivity contribution in [1.82, 2.24) is 0 Å². The summed E-state index contributed by atoms with van der Waals surface area (Å²) < 4.78 is 17.6. The zero-order valence-electron chi connectivity index (χ0n) is 12.3. The van der Waals surface area contributed by atoms with Gasteiger partial charge in [-0.1, -0.05) is 60.7 Å². The van der Waals surface area contributed by atoms with Crippen LogP contribution in [0.1, 0.15) is 6.92 Å². The van der Waals surface area contributed by atoms with E-state index in [-0.39, 0.29) is 6.61 Å². The van der Waals surface area contributed by atoms with Crippen molar-refractivity contribution in [3.05, 3.63) is 66.7 Å². The summed E-state index contributed by atoms with van der Waals surface area (Å²) in [6.07, 6.45) is 0. The third-order valence-corrected chi connectivity index (χ3v) is 5.20. The second kappa shape index (κ2) is 6.05. The van der Waals surface area contributed by atoms with E-state index in [1.54, 1.807) is 19.1 Å². The van der Waals surface area contributed by atoms with Gasteiger partial charge >= 0.3 is 7.60 Å². The van der Waals surface area contributed by atoms with Gasteiger partial charge in [-0.15, -0.1) is 0 Å². The van der Waals surface area contributed by atoms with Crippen LogP contribution in [0.15, 0.2) is 66.7 Å². The Morgan fingerprint density at radius 2 is 1.55 bits per heavy atom. The topological polar surface area (TPSA) is 46.5 Å². The second-order valence-electron chi connectivity index (χ2n) is 4.98. The van der Waals surface area contributed by atoms with E-state index in [1.165, 1.54) is 0 Å². The zero-order chi connectivity index (χ0) is 15.6.